The van der Waals surface area contributed by atoms with E-state index in [0.29, 0.717) is 5.56 Å². The molecule has 0 fully saturated rings. The van der Waals surface area contributed by atoms with Crippen molar-refractivity contribution in [2.24, 2.45) is 0 Å². The number of hydrogen-bond donors (Lipinski definition) is 1. The van der Waals surface area contributed by atoms with Crippen molar-refractivity contribution in [1.29, 1.82) is 0 Å². The first-order chi connectivity index (χ1) is 9.08. The molecule has 2 aromatic rings. The summed E-state index contributed by atoms with van der Waals surface area (Å²) in [7, 11) is 0. The van der Waals surface area contributed by atoms with Gasteiger partial charge >= 0.3 is 0 Å². The van der Waals surface area contributed by atoms with Crippen LogP contribution in [0.3, 0.4) is 0 Å². The molecular weight excluding hydrogens is 246 g/mol. The third kappa shape index (κ3) is 2.92. The van der Waals surface area contributed by atoms with E-state index < -0.39 is 4.92 Å². The van der Waals surface area contributed by atoms with Crippen molar-refractivity contribution in [2.75, 3.05) is 5.32 Å². The van der Waals surface area contributed by atoms with Gasteiger partial charge in [0.15, 0.2) is 0 Å². The Morgan fingerprint density at radius 1 is 1.21 bits per heavy atom. The van der Waals surface area contributed by atoms with E-state index in [1.807, 2.05) is 0 Å². The quantitative estimate of drug-likeness (QED) is 0.676. The molecule has 1 aromatic carbocycles. The van der Waals surface area contributed by atoms with Gasteiger partial charge in [0.1, 0.15) is 5.69 Å². The molecule has 0 atom stereocenters. The van der Waals surface area contributed by atoms with Gasteiger partial charge in [0, 0.05) is 25.4 Å². The first-order valence-electron chi connectivity index (χ1n) is 5.54. The van der Waals surface area contributed by atoms with Crippen molar-refractivity contribution >= 4 is 17.3 Å². The molecule has 0 aliphatic rings. The van der Waals surface area contributed by atoms with Crippen LogP contribution >= 0.6 is 0 Å². The average molecular weight is 257 g/mol. The van der Waals surface area contributed by atoms with Crippen LogP contribution in [-0.4, -0.2) is 15.8 Å². The molecule has 0 aliphatic carbocycles. The first kappa shape index (κ1) is 12.7. The number of nitrogens with one attached hydrogen (secondary N) is 1. The van der Waals surface area contributed by atoms with Crippen LogP contribution in [-0.2, 0) is 4.79 Å². The van der Waals surface area contributed by atoms with Gasteiger partial charge in [0.2, 0.25) is 5.91 Å². The fraction of sp³-hybridized carbons (Fsp3) is 0.0769. The molecule has 1 aromatic heterocycles. The molecular formula is C13H11N3O3. The van der Waals surface area contributed by atoms with E-state index in [0.717, 1.165) is 5.56 Å². The van der Waals surface area contributed by atoms with Crippen molar-refractivity contribution in [1.82, 2.24) is 4.98 Å². The lowest BCUT2D eigenvalue weighted by Crippen LogP contribution is -2.08. The number of nitrogens with zero attached hydrogens (tertiary/aromatic N) is 2. The molecule has 1 heterocycles. The Morgan fingerprint density at radius 3 is 2.47 bits per heavy atom. The van der Waals surface area contributed by atoms with Gasteiger partial charge in [-0.05, 0) is 29.3 Å². The number of hydrogen-bond acceptors (Lipinski definition) is 4. The predicted molar refractivity (Wildman–Crippen MR) is 70.6 cm³/mol. The molecule has 19 heavy (non-hydrogen) atoms. The zero-order valence-corrected chi connectivity index (χ0v) is 10.2. The number of pyridine rings is 1. The molecule has 0 aliphatic heterocycles. The molecule has 1 amide bonds. The largest absolute Gasteiger partial charge is 0.321 e. The van der Waals surface area contributed by atoms with Crippen LogP contribution in [0.15, 0.2) is 42.7 Å². The zero-order valence-electron chi connectivity index (χ0n) is 10.2. The lowest BCUT2D eigenvalue weighted by Gasteiger charge is -2.06. The molecule has 0 radical (unpaired) electrons. The lowest BCUT2D eigenvalue weighted by molar-refractivity contribution is -0.383. The van der Waals surface area contributed by atoms with E-state index in [9.17, 15) is 14.9 Å². The highest BCUT2D eigenvalue weighted by atomic mass is 16.6. The lowest BCUT2D eigenvalue weighted by atomic mass is 10.1. The van der Waals surface area contributed by atoms with Gasteiger partial charge < -0.3 is 5.32 Å². The SMILES string of the molecule is CC(=O)Nc1ccc(-c2ccncc2)cc1[N+](=O)[O-]. The Hall–Kier alpha value is -2.76. The van der Waals surface area contributed by atoms with Gasteiger partial charge in [-0.15, -0.1) is 0 Å². The molecule has 0 unspecified atom stereocenters. The van der Waals surface area contributed by atoms with Gasteiger partial charge in [-0.3, -0.25) is 19.9 Å². The maximum atomic E-state index is 11.0. The zero-order chi connectivity index (χ0) is 13.8. The smallest absolute Gasteiger partial charge is 0.293 e. The van der Waals surface area contributed by atoms with Crippen molar-refractivity contribution in [3.05, 3.63) is 52.8 Å². The number of anilines is 1. The van der Waals surface area contributed by atoms with Gasteiger partial charge in [0.25, 0.3) is 5.69 Å². The Kier molecular flexibility index (Phi) is 3.51. The van der Waals surface area contributed by atoms with Crippen LogP contribution in [0.25, 0.3) is 11.1 Å². The van der Waals surface area contributed by atoms with Crippen molar-refractivity contribution in [3.63, 3.8) is 0 Å². The predicted octanol–water partition coefficient (Wildman–Crippen LogP) is 2.62. The topological polar surface area (TPSA) is 85.1 Å². The van der Waals surface area contributed by atoms with Crippen LogP contribution in [0.2, 0.25) is 0 Å². The number of carbonyl (C=O) groups excluding carboxylic acids is 1. The summed E-state index contributed by atoms with van der Waals surface area (Å²) in [4.78, 5) is 25.4. The normalized spacial score (nSPS) is 9.95. The monoisotopic (exact) mass is 257 g/mol. The van der Waals surface area contributed by atoms with E-state index in [1.54, 1.807) is 30.6 Å². The molecule has 96 valence electrons. The molecule has 2 rings (SSSR count). The second-order valence-electron chi connectivity index (χ2n) is 3.91. The first-order valence-corrected chi connectivity index (χ1v) is 5.54. The second-order valence-corrected chi connectivity index (χ2v) is 3.91. The standard InChI is InChI=1S/C13H11N3O3/c1-9(17)15-12-3-2-11(8-13(12)16(18)19)10-4-6-14-7-5-10/h2-8H,1H3,(H,15,17). The van der Waals surface area contributed by atoms with Crippen molar-refractivity contribution in [2.45, 2.75) is 6.92 Å². The maximum absolute atomic E-state index is 11.0. The fourth-order valence-corrected chi connectivity index (χ4v) is 1.70. The van der Waals surface area contributed by atoms with Crippen molar-refractivity contribution in [3.8, 4) is 11.1 Å². The third-order valence-electron chi connectivity index (χ3n) is 2.52. The Labute approximate surface area is 109 Å². The summed E-state index contributed by atoms with van der Waals surface area (Å²) in [5.74, 6) is -0.347. The minimum atomic E-state index is -0.518. The number of benzene rings is 1. The maximum Gasteiger partial charge on any atom is 0.293 e. The number of nitro benzene ring substituents is 1. The van der Waals surface area contributed by atoms with Crippen LogP contribution < -0.4 is 5.32 Å². The van der Waals surface area contributed by atoms with E-state index >= 15 is 0 Å². The van der Waals surface area contributed by atoms with Gasteiger partial charge in [-0.1, -0.05) is 6.07 Å². The van der Waals surface area contributed by atoms with E-state index in [4.69, 9.17) is 0 Å². The third-order valence-corrected chi connectivity index (χ3v) is 2.52. The Balaban J connectivity index is 2.48. The molecule has 6 nitrogen and oxygen atoms in total. The molecule has 1 N–H and O–H groups in total. The fourth-order valence-electron chi connectivity index (χ4n) is 1.70. The van der Waals surface area contributed by atoms with E-state index in [2.05, 4.69) is 10.3 Å². The number of carbonyl (C=O) groups is 1. The van der Waals surface area contributed by atoms with Crippen LogP contribution in [0.1, 0.15) is 6.92 Å². The Morgan fingerprint density at radius 2 is 1.89 bits per heavy atom. The summed E-state index contributed by atoms with van der Waals surface area (Å²) in [5, 5.41) is 13.5. The summed E-state index contributed by atoms with van der Waals surface area (Å²) in [5.41, 5.74) is 1.58. The Bertz CT molecular complexity index is 626. The van der Waals surface area contributed by atoms with Crippen molar-refractivity contribution < 1.29 is 9.72 Å². The molecule has 0 saturated heterocycles. The van der Waals surface area contributed by atoms with Gasteiger partial charge in [-0.25, -0.2) is 0 Å². The molecule has 6 heteroatoms. The number of amides is 1. The summed E-state index contributed by atoms with van der Waals surface area (Å²) >= 11 is 0. The van der Waals surface area contributed by atoms with E-state index in [1.165, 1.54) is 19.1 Å². The molecule has 0 saturated carbocycles. The highest BCUT2D eigenvalue weighted by Crippen LogP contribution is 2.30. The number of rotatable bonds is 3. The average Bonchev–Trinajstić information content (AvgIpc) is 2.39. The summed E-state index contributed by atoms with van der Waals surface area (Å²) in [6, 6.07) is 8.19. The molecule has 0 spiro atoms. The highest BCUT2D eigenvalue weighted by molar-refractivity contribution is 5.92. The summed E-state index contributed by atoms with van der Waals surface area (Å²) in [6.07, 6.45) is 3.23. The summed E-state index contributed by atoms with van der Waals surface area (Å²) < 4.78 is 0. The van der Waals surface area contributed by atoms with Crippen LogP contribution in [0.5, 0.6) is 0 Å². The van der Waals surface area contributed by atoms with E-state index in [-0.39, 0.29) is 17.3 Å². The van der Waals surface area contributed by atoms with Gasteiger partial charge in [0.05, 0.1) is 4.92 Å². The number of nitro groups is 1. The number of aromatic nitrogens is 1. The minimum Gasteiger partial charge on any atom is -0.321 e. The van der Waals surface area contributed by atoms with Crippen LogP contribution in [0.4, 0.5) is 11.4 Å². The van der Waals surface area contributed by atoms with Gasteiger partial charge in [-0.2, -0.15) is 0 Å². The summed E-state index contributed by atoms with van der Waals surface area (Å²) in [6.45, 7) is 1.31. The second kappa shape index (κ2) is 5.26. The minimum absolute atomic E-state index is 0.135. The highest BCUT2D eigenvalue weighted by Gasteiger charge is 2.15. The molecule has 0 bridgehead atoms. The van der Waals surface area contributed by atoms with Crippen LogP contribution in [0, 0.1) is 10.1 Å².